The number of aryl methyl sites for hydroxylation is 1. The maximum Gasteiger partial charge on any atom is 0.266 e. The van der Waals surface area contributed by atoms with Crippen molar-refractivity contribution in [3.63, 3.8) is 0 Å². The van der Waals surface area contributed by atoms with Crippen molar-refractivity contribution in [1.29, 1.82) is 0 Å². The first-order valence-electron chi connectivity index (χ1n) is 6.70. The van der Waals surface area contributed by atoms with Crippen LogP contribution in [0.15, 0.2) is 47.3 Å². The predicted octanol–water partition coefficient (Wildman–Crippen LogP) is 1.67. The smallest absolute Gasteiger partial charge is 0.266 e. The van der Waals surface area contributed by atoms with Gasteiger partial charge in [0, 0.05) is 24.6 Å². The molecule has 2 aromatic rings. The van der Waals surface area contributed by atoms with E-state index in [1.165, 1.54) is 4.68 Å². The van der Waals surface area contributed by atoms with Crippen LogP contribution in [-0.2, 0) is 16.0 Å². The van der Waals surface area contributed by atoms with Gasteiger partial charge in [0.25, 0.3) is 5.56 Å². The molecule has 0 radical (unpaired) electrons. The highest BCUT2D eigenvalue weighted by atomic mass is 16.7. The van der Waals surface area contributed by atoms with Gasteiger partial charge in [-0.1, -0.05) is 30.3 Å². The molecule has 104 valence electrons. The molecule has 1 aromatic carbocycles. The van der Waals surface area contributed by atoms with Crippen molar-refractivity contribution in [2.45, 2.75) is 19.3 Å². The van der Waals surface area contributed by atoms with Crippen LogP contribution < -0.4 is 5.56 Å². The molecule has 0 spiro atoms. The first kappa shape index (κ1) is 13.0. The molecule has 1 aliphatic rings. The first-order chi connectivity index (χ1) is 9.83. The van der Waals surface area contributed by atoms with Crippen molar-refractivity contribution >= 4 is 0 Å². The van der Waals surface area contributed by atoms with Crippen LogP contribution in [0.5, 0.6) is 0 Å². The van der Waals surface area contributed by atoms with E-state index in [0.29, 0.717) is 26.2 Å². The summed E-state index contributed by atoms with van der Waals surface area (Å²) in [6.45, 7) is 1.73. The van der Waals surface area contributed by atoms with E-state index >= 15 is 0 Å². The summed E-state index contributed by atoms with van der Waals surface area (Å²) in [5.74, 6) is 0. The Hall–Kier alpha value is -1.98. The van der Waals surface area contributed by atoms with Gasteiger partial charge in [-0.15, -0.1) is 0 Å². The van der Waals surface area contributed by atoms with Crippen molar-refractivity contribution in [3.05, 3.63) is 52.8 Å². The molecule has 0 amide bonds. The molecule has 1 aliphatic heterocycles. The van der Waals surface area contributed by atoms with Crippen molar-refractivity contribution in [1.82, 2.24) is 9.78 Å². The van der Waals surface area contributed by atoms with E-state index in [1.54, 1.807) is 12.1 Å². The first-order valence-corrected chi connectivity index (χ1v) is 6.70. The van der Waals surface area contributed by atoms with Gasteiger partial charge in [-0.05, 0) is 6.07 Å². The zero-order valence-electron chi connectivity index (χ0n) is 11.1. The van der Waals surface area contributed by atoms with E-state index in [-0.39, 0.29) is 11.8 Å². The summed E-state index contributed by atoms with van der Waals surface area (Å²) in [5, 5.41) is 4.40. The monoisotopic (exact) mass is 272 g/mol. The summed E-state index contributed by atoms with van der Waals surface area (Å²) in [5.41, 5.74) is 1.68. The third-order valence-corrected chi connectivity index (χ3v) is 3.20. The molecule has 0 saturated carbocycles. The fourth-order valence-electron chi connectivity index (χ4n) is 2.17. The molecule has 20 heavy (non-hydrogen) atoms. The lowest BCUT2D eigenvalue weighted by atomic mass is 10.1. The second-order valence-electron chi connectivity index (χ2n) is 4.61. The van der Waals surface area contributed by atoms with Gasteiger partial charge in [0.2, 0.25) is 0 Å². The SMILES string of the molecule is O=c1ccc(-c2ccccc2)nn1CCC1OCCO1. The van der Waals surface area contributed by atoms with Gasteiger partial charge in [-0.25, -0.2) is 4.68 Å². The minimum Gasteiger partial charge on any atom is -0.350 e. The highest BCUT2D eigenvalue weighted by Gasteiger charge is 2.16. The molecule has 0 unspecified atom stereocenters. The summed E-state index contributed by atoms with van der Waals surface area (Å²) in [6, 6.07) is 13.1. The van der Waals surface area contributed by atoms with Gasteiger partial charge in [0.15, 0.2) is 6.29 Å². The summed E-state index contributed by atoms with van der Waals surface area (Å²) >= 11 is 0. The molecule has 2 heterocycles. The maximum absolute atomic E-state index is 11.8. The second kappa shape index (κ2) is 5.98. The van der Waals surface area contributed by atoms with E-state index in [0.717, 1.165) is 11.3 Å². The molecule has 0 bridgehead atoms. The van der Waals surface area contributed by atoms with Gasteiger partial charge in [0.1, 0.15) is 0 Å². The Morgan fingerprint density at radius 2 is 1.85 bits per heavy atom. The Kier molecular flexibility index (Phi) is 3.90. The number of rotatable bonds is 4. The fraction of sp³-hybridized carbons (Fsp3) is 0.333. The van der Waals surface area contributed by atoms with Gasteiger partial charge >= 0.3 is 0 Å². The van der Waals surface area contributed by atoms with Crippen LogP contribution in [0.1, 0.15) is 6.42 Å². The Morgan fingerprint density at radius 1 is 1.10 bits per heavy atom. The zero-order chi connectivity index (χ0) is 13.8. The molecule has 5 nitrogen and oxygen atoms in total. The third kappa shape index (κ3) is 2.95. The van der Waals surface area contributed by atoms with E-state index in [4.69, 9.17) is 9.47 Å². The van der Waals surface area contributed by atoms with Crippen LogP contribution in [0.3, 0.4) is 0 Å². The Balaban J connectivity index is 1.78. The van der Waals surface area contributed by atoms with Gasteiger partial charge in [-0.3, -0.25) is 4.79 Å². The average Bonchev–Trinajstić information content (AvgIpc) is 3.01. The number of ether oxygens (including phenoxy) is 2. The number of nitrogens with zero attached hydrogens (tertiary/aromatic N) is 2. The van der Waals surface area contributed by atoms with Crippen LogP contribution in [0.2, 0.25) is 0 Å². The lowest BCUT2D eigenvalue weighted by Crippen LogP contribution is -2.24. The van der Waals surface area contributed by atoms with Crippen molar-refractivity contribution in [2.75, 3.05) is 13.2 Å². The summed E-state index contributed by atoms with van der Waals surface area (Å²) < 4.78 is 12.2. The van der Waals surface area contributed by atoms with E-state index in [9.17, 15) is 4.79 Å². The number of benzene rings is 1. The third-order valence-electron chi connectivity index (χ3n) is 3.20. The Labute approximate surface area is 116 Å². The largest absolute Gasteiger partial charge is 0.350 e. The van der Waals surface area contributed by atoms with E-state index in [2.05, 4.69) is 5.10 Å². The summed E-state index contributed by atoms with van der Waals surface area (Å²) in [6.07, 6.45) is 0.412. The predicted molar refractivity (Wildman–Crippen MR) is 74.2 cm³/mol. The molecule has 1 aromatic heterocycles. The summed E-state index contributed by atoms with van der Waals surface area (Å²) in [7, 11) is 0. The van der Waals surface area contributed by atoms with E-state index in [1.807, 2.05) is 30.3 Å². The molecule has 1 fully saturated rings. The minimum atomic E-state index is -0.218. The number of hydrogen-bond acceptors (Lipinski definition) is 4. The Bertz CT molecular complexity index is 619. The fourth-order valence-corrected chi connectivity index (χ4v) is 2.17. The lowest BCUT2D eigenvalue weighted by molar-refractivity contribution is -0.0497. The van der Waals surface area contributed by atoms with Crippen LogP contribution in [-0.4, -0.2) is 29.3 Å². The Morgan fingerprint density at radius 3 is 2.60 bits per heavy atom. The van der Waals surface area contributed by atoms with Crippen molar-refractivity contribution in [2.24, 2.45) is 0 Å². The lowest BCUT2D eigenvalue weighted by Gasteiger charge is -2.10. The molecule has 3 rings (SSSR count). The quantitative estimate of drug-likeness (QED) is 0.849. The molecule has 0 aliphatic carbocycles. The molecular weight excluding hydrogens is 256 g/mol. The van der Waals surface area contributed by atoms with Crippen LogP contribution in [0, 0.1) is 0 Å². The summed E-state index contributed by atoms with van der Waals surface area (Å²) in [4.78, 5) is 11.8. The molecule has 5 heteroatoms. The zero-order valence-corrected chi connectivity index (χ0v) is 11.1. The number of aromatic nitrogens is 2. The molecule has 0 atom stereocenters. The second-order valence-corrected chi connectivity index (χ2v) is 4.61. The van der Waals surface area contributed by atoms with Crippen molar-refractivity contribution in [3.8, 4) is 11.3 Å². The van der Waals surface area contributed by atoms with Gasteiger partial charge < -0.3 is 9.47 Å². The van der Waals surface area contributed by atoms with Crippen LogP contribution in [0.4, 0.5) is 0 Å². The highest BCUT2D eigenvalue weighted by Crippen LogP contribution is 2.14. The average molecular weight is 272 g/mol. The standard InChI is InChI=1S/C15H16N2O3/c18-14-7-6-13(12-4-2-1-3-5-12)16-17(14)9-8-15-19-10-11-20-15/h1-7,15H,8-11H2. The topological polar surface area (TPSA) is 53.4 Å². The van der Waals surface area contributed by atoms with Crippen molar-refractivity contribution < 1.29 is 9.47 Å². The minimum absolute atomic E-state index is 0.109. The molecule has 1 saturated heterocycles. The molecular formula is C15H16N2O3. The maximum atomic E-state index is 11.8. The van der Waals surface area contributed by atoms with Crippen LogP contribution >= 0.6 is 0 Å². The normalized spacial score (nSPS) is 15.6. The van der Waals surface area contributed by atoms with Gasteiger partial charge in [-0.2, -0.15) is 5.10 Å². The number of hydrogen-bond donors (Lipinski definition) is 0. The van der Waals surface area contributed by atoms with Gasteiger partial charge in [0.05, 0.1) is 18.9 Å². The molecule has 0 N–H and O–H groups in total. The highest BCUT2D eigenvalue weighted by molar-refractivity contribution is 5.57. The van der Waals surface area contributed by atoms with Crippen LogP contribution in [0.25, 0.3) is 11.3 Å². The van der Waals surface area contributed by atoms with E-state index < -0.39 is 0 Å².